The van der Waals surface area contributed by atoms with Gasteiger partial charge < -0.3 is 10.5 Å². The molecule has 0 saturated carbocycles. The SMILES string of the molecule is CCOC(=O)C(C)(Cc1cccs1)c1ccccc1N. The fourth-order valence-electron chi connectivity index (χ4n) is 2.33. The number of hydrogen-bond donors (Lipinski definition) is 1. The van der Waals surface area contributed by atoms with Crippen LogP contribution in [0.15, 0.2) is 41.8 Å². The Hall–Kier alpha value is -1.81. The molecule has 0 saturated heterocycles. The summed E-state index contributed by atoms with van der Waals surface area (Å²) in [5.41, 5.74) is 6.76. The summed E-state index contributed by atoms with van der Waals surface area (Å²) in [6.45, 7) is 4.08. The van der Waals surface area contributed by atoms with Gasteiger partial charge in [-0.1, -0.05) is 24.3 Å². The molecular formula is C16H19NO2S. The summed E-state index contributed by atoms with van der Waals surface area (Å²) in [7, 11) is 0. The number of benzene rings is 1. The Labute approximate surface area is 123 Å². The first-order valence-corrected chi connectivity index (χ1v) is 7.50. The van der Waals surface area contributed by atoms with Gasteiger partial charge in [0.25, 0.3) is 0 Å². The van der Waals surface area contributed by atoms with E-state index >= 15 is 0 Å². The first-order valence-electron chi connectivity index (χ1n) is 6.62. The number of rotatable bonds is 5. The molecule has 1 heterocycles. The Bertz CT molecular complexity index is 580. The van der Waals surface area contributed by atoms with E-state index in [4.69, 9.17) is 10.5 Å². The molecule has 0 aliphatic heterocycles. The Morgan fingerprint density at radius 1 is 1.30 bits per heavy atom. The van der Waals surface area contributed by atoms with E-state index in [1.807, 2.05) is 55.6 Å². The van der Waals surface area contributed by atoms with E-state index in [-0.39, 0.29) is 5.97 Å². The topological polar surface area (TPSA) is 52.3 Å². The molecule has 0 fully saturated rings. The molecule has 0 bridgehead atoms. The van der Waals surface area contributed by atoms with Crippen molar-refractivity contribution < 1.29 is 9.53 Å². The van der Waals surface area contributed by atoms with Crippen LogP contribution in [-0.2, 0) is 21.4 Å². The zero-order chi connectivity index (χ0) is 14.6. The van der Waals surface area contributed by atoms with E-state index in [0.29, 0.717) is 18.7 Å². The smallest absolute Gasteiger partial charge is 0.316 e. The Balaban J connectivity index is 2.43. The van der Waals surface area contributed by atoms with Crippen LogP contribution in [0.25, 0.3) is 0 Å². The van der Waals surface area contributed by atoms with E-state index in [0.717, 1.165) is 10.4 Å². The Kier molecular flexibility index (Phi) is 4.45. The van der Waals surface area contributed by atoms with Gasteiger partial charge in [0, 0.05) is 17.0 Å². The molecule has 2 aromatic rings. The molecule has 106 valence electrons. The minimum atomic E-state index is -0.758. The van der Waals surface area contributed by atoms with Crippen molar-refractivity contribution in [3.8, 4) is 0 Å². The molecule has 3 nitrogen and oxygen atoms in total. The van der Waals surface area contributed by atoms with Crippen LogP contribution in [0.1, 0.15) is 24.3 Å². The molecule has 0 amide bonds. The summed E-state index contributed by atoms with van der Waals surface area (Å²) in [6.07, 6.45) is 0.595. The normalized spacial score (nSPS) is 13.7. The van der Waals surface area contributed by atoms with Gasteiger partial charge in [0.1, 0.15) is 0 Å². The van der Waals surface area contributed by atoms with Crippen molar-refractivity contribution in [2.24, 2.45) is 0 Å². The number of esters is 1. The predicted octanol–water partition coefficient (Wildman–Crippen LogP) is 3.39. The zero-order valence-corrected chi connectivity index (χ0v) is 12.6. The number of anilines is 1. The van der Waals surface area contributed by atoms with Gasteiger partial charge in [0.15, 0.2) is 0 Å². The summed E-state index contributed by atoms with van der Waals surface area (Å²) >= 11 is 1.64. The monoisotopic (exact) mass is 289 g/mol. The van der Waals surface area contributed by atoms with Crippen LogP contribution < -0.4 is 5.73 Å². The van der Waals surface area contributed by atoms with Crippen molar-refractivity contribution in [2.75, 3.05) is 12.3 Å². The highest BCUT2D eigenvalue weighted by molar-refractivity contribution is 7.09. The van der Waals surface area contributed by atoms with Crippen LogP contribution in [-0.4, -0.2) is 12.6 Å². The molecular weight excluding hydrogens is 270 g/mol. The lowest BCUT2D eigenvalue weighted by atomic mass is 9.78. The number of carbonyl (C=O) groups excluding carboxylic acids is 1. The minimum Gasteiger partial charge on any atom is -0.465 e. The first-order chi connectivity index (χ1) is 9.58. The van der Waals surface area contributed by atoms with Crippen molar-refractivity contribution in [1.29, 1.82) is 0 Å². The Morgan fingerprint density at radius 3 is 2.65 bits per heavy atom. The molecule has 0 aliphatic carbocycles. The lowest BCUT2D eigenvalue weighted by Crippen LogP contribution is -2.37. The molecule has 1 aromatic carbocycles. The van der Waals surface area contributed by atoms with Gasteiger partial charge >= 0.3 is 5.97 Å². The number of hydrogen-bond acceptors (Lipinski definition) is 4. The van der Waals surface area contributed by atoms with Crippen molar-refractivity contribution in [2.45, 2.75) is 25.7 Å². The van der Waals surface area contributed by atoms with Crippen LogP contribution in [0.2, 0.25) is 0 Å². The lowest BCUT2D eigenvalue weighted by molar-refractivity contribution is -0.149. The highest BCUT2D eigenvalue weighted by atomic mass is 32.1. The fraction of sp³-hybridized carbons (Fsp3) is 0.312. The van der Waals surface area contributed by atoms with E-state index in [9.17, 15) is 4.79 Å². The highest BCUT2D eigenvalue weighted by Crippen LogP contribution is 2.34. The third-order valence-electron chi connectivity index (χ3n) is 3.39. The number of thiophene rings is 1. The standard InChI is InChI=1S/C16H19NO2S/c1-3-19-15(18)16(2,11-12-7-6-10-20-12)13-8-4-5-9-14(13)17/h4-10H,3,11,17H2,1-2H3. The second-order valence-corrected chi connectivity index (χ2v) is 5.93. The number of carbonyl (C=O) groups is 1. The summed E-state index contributed by atoms with van der Waals surface area (Å²) < 4.78 is 5.28. The van der Waals surface area contributed by atoms with Crippen molar-refractivity contribution in [3.05, 3.63) is 52.2 Å². The number of ether oxygens (including phenoxy) is 1. The van der Waals surface area contributed by atoms with Crippen LogP contribution in [0.5, 0.6) is 0 Å². The minimum absolute atomic E-state index is 0.230. The van der Waals surface area contributed by atoms with E-state index in [2.05, 4.69) is 0 Å². The molecule has 0 spiro atoms. The van der Waals surface area contributed by atoms with E-state index in [1.165, 1.54) is 0 Å². The summed E-state index contributed by atoms with van der Waals surface area (Å²) in [6, 6.07) is 11.5. The largest absolute Gasteiger partial charge is 0.465 e. The van der Waals surface area contributed by atoms with Gasteiger partial charge in [-0.15, -0.1) is 11.3 Å². The van der Waals surface area contributed by atoms with Crippen molar-refractivity contribution >= 4 is 23.0 Å². The third kappa shape index (κ3) is 2.85. The maximum absolute atomic E-state index is 12.5. The van der Waals surface area contributed by atoms with Gasteiger partial charge in [-0.25, -0.2) is 0 Å². The molecule has 4 heteroatoms. The third-order valence-corrected chi connectivity index (χ3v) is 4.27. The van der Waals surface area contributed by atoms with Gasteiger partial charge in [0.05, 0.1) is 12.0 Å². The average Bonchev–Trinajstić information content (AvgIpc) is 2.92. The molecule has 2 N–H and O–H groups in total. The molecule has 0 aliphatic rings. The number of nitrogens with two attached hydrogens (primary N) is 1. The van der Waals surface area contributed by atoms with Crippen LogP contribution >= 0.6 is 11.3 Å². The molecule has 0 radical (unpaired) electrons. The zero-order valence-electron chi connectivity index (χ0n) is 11.8. The number of nitrogen functional groups attached to an aromatic ring is 1. The molecule has 1 atom stereocenters. The lowest BCUT2D eigenvalue weighted by Gasteiger charge is -2.28. The van der Waals surface area contributed by atoms with Crippen LogP contribution in [0.4, 0.5) is 5.69 Å². The molecule has 1 aromatic heterocycles. The fourth-order valence-corrected chi connectivity index (χ4v) is 3.19. The molecule has 1 unspecified atom stereocenters. The predicted molar refractivity (Wildman–Crippen MR) is 82.9 cm³/mol. The summed E-state index contributed by atoms with van der Waals surface area (Å²) in [5.74, 6) is -0.230. The highest BCUT2D eigenvalue weighted by Gasteiger charge is 2.38. The van der Waals surface area contributed by atoms with E-state index in [1.54, 1.807) is 11.3 Å². The van der Waals surface area contributed by atoms with Gasteiger partial charge in [-0.2, -0.15) is 0 Å². The van der Waals surface area contributed by atoms with Crippen LogP contribution in [0.3, 0.4) is 0 Å². The maximum Gasteiger partial charge on any atom is 0.316 e. The first kappa shape index (κ1) is 14.6. The summed E-state index contributed by atoms with van der Waals surface area (Å²) in [5, 5.41) is 2.01. The molecule has 20 heavy (non-hydrogen) atoms. The van der Waals surface area contributed by atoms with Crippen LogP contribution in [0, 0.1) is 0 Å². The molecule has 2 rings (SSSR count). The number of para-hydroxylation sites is 1. The maximum atomic E-state index is 12.5. The van der Waals surface area contributed by atoms with Gasteiger partial charge in [-0.3, -0.25) is 4.79 Å². The second-order valence-electron chi connectivity index (χ2n) is 4.90. The summed E-state index contributed by atoms with van der Waals surface area (Å²) in [4.78, 5) is 13.6. The Morgan fingerprint density at radius 2 is 2.05 bits per heavy atom. The van der Waals surface area contributed by atoms with Crippen molar-refractivity contribution in [1.82, 2.24) is 0 Å². The van der Waals surface area contributed by atoms with Gasteiger partial charge in [-0.05, 0) is 36.9 Å². The average molecular weight is 289 g/mol. The van der Waals surface area contributed by atoms with Crippen molar-refractivity contribution in [3.63, 3.8) is 0 Å². The van der Waals surface area contributed by atoms with E-state index < -0.39 is 5.41 Å². The quantitative estimate of drug-likeness (QED) is 0.678. The van der Waals surface area contributed by atoms with Gasteiger partial charge in [0.2, 0.25) is 0 Å². The second kappa shape index (κ2) is 6.09.